The molecule has 0 amide bonds. The van der Waals surface area contributed by atoms with Gasteiger partial charge in [0.1, 0.15) is 0 Å². The normalized spacial score (nSPS) is 10.9. The van der Waals surface area contributed by atoms with Crippen LogP contribution in [0.1, 0.15) is 32.6 Å². The van der Waals surface area contributed by atoms with Gasteiger partial charge in [0.05, 0.1) is 0 Å². The van der Waals surface area contributed by atoms with Crippen LogP contribution in [0.25, 0.3) is 0 Å². The summed E-state index contributed by atoms with van der Waals surface area (Å²) in [4.78, 5) is 0. The molecular weight excluding hydrogens is 180 g/mol. The zero-order valence-corrected chi connectivity index (χ0v) is 8.79. The number of nitrogens with zero attached hydrogens (tertiary/aromatic N) is 2. The van der Waals surface area contributed by atoms with Crippen molar-refractivity contribution in [3.63, 3.8) is 0 Å². The topological polar surface area (TPSA) is 77.0 Å². The monoisotopic (exact) mass is 198 g/mol. The van der Waals surface area contributed by atoms with Gasteiger partial charge < -0.3 is 15.5 Å². The number of aromatic nitrogens is 2. The van der Waals surface area contributed by atoms with Gasteiger partial charge in [-0.3, -0.25) is 0 Å². The molecule has 0 radical (unpaired) electrons. The van der Waals surface area contributed by atoms with Crippen LogP contribution >= 0.6 is 0 Å². The summed E-state index contributed by atoms with van der Waals surface area (Å²) in [5.74, 6) is 0.598. The highest BCUT2D eigenvalue weighted by Gasteiger charge is 2.08. The maximum atomic E-state index is 5.38. The zero-order valence-electron chi connectivity index (χ0n) is 8.79. The predicted octanol–water partition coefficient (Wildman–Crippen LogP) is 1.17. The second kappa shape index (κ2) is 5.59. The van der Waals surface area contributed by atoms with Crippen LogP contribution in [0.5, 0.6) is 0 Å². The van der Waals surface area contributed by atoms with E-state index in [9.17, 15) is 0 Å². The molecule has 0 unspecified atom stereocenters. The van der Waals surface area contributed by atoms with Crippen molar-refractivity contribution in [2.75, 3.05) is 11.9 Å². The Balaban J connectivity index is 2.49. The van der Waals surface area contributed by atoms with Gasteiger partial charge in [-0.15, -0.1) is 5.10 Å². The molecule has 0 aromatic carbocycles. The Morgan fingerprint density at radius 1 is 1.36 bits per heavy atom. The van der Waals surface area contributed by atoms with E-state index < -0.39 is 0 Å². The van der Waals surface area contributed by atoms with Crippen molar-refractivity contribution in [2.45, 2.75) is 39.2 Å². The minimum Gasteiger partial charge on any atom is -0.408 e. The van der Waals surface area contributed by atoms with Gasteiger partial charge in [-0.1, -0.05) is 18.9 Å². The van der Waals surface area contributed by atoms with Gasteiger partial charge in [-0.05, 0) is 12.8 Å². The summed E-state index contributed by atoms with van der Waals surface area (Å²) in [6, 6.07) is 0.906. The Bertz CT molecular complexity index is 257. The molecule has 1 aromatic rings. The van der Waals surface area contributed by atoms with E-state index in [0.717, 1.165) is 12.8 Å². The van der Waals surface area contributed by atoms with Crippen LogP contribution < -0.4 is 11.1 Å². The van der Waals surface area contributed by atoms with Crippen molar-refractivity contribution >= 4 is 6.01 Å². The summed E-state index contributed by atoms with van der Waals surface area (Å²) < 4.78 is 5.34. The highest BCUT2D eigenvalue weighted by molar-refractivity contribution is 5.19. The molecular formula is C9H18N4O. The van der Waals surface area contributed by atoms with Crippen LogP contribution in [-0.4, -0.2) is 22.8 Å². The van der Waals surface area contributed by atoms with Gasteiger partial charge in [0.2, 0.25) is 5.89 Å². The summed E-state index contributed by atoms with van der Waals surface area (Å²) >= 11 is 0. The number of hydrogen-bond acceptors (Lipinski definition) is 5. The van der Waals surface area contributed by atoms with Crippen LogP contribution in [0, 0.1) is 0 Å². The van der Waals surface area contributed by atoms with Crippen molar-refractivity contribution in [1.29, 1.82) is 0 Å². The van der Waals surface area contributed by atoms with E-state index >= 15 is 0 Å². The van der Waals surface area contributed by atoms with Gasteiger partial charge in [0.25, 0.3) is 0 Å². The van der Waals surface area contributed by atoms with Crippen molar-refractivity contribution < 1.29 is 4.42 Å². The lowest BCUT2D eigenvalue weighted by atomic mass is 10.2. The van der Waals surface area contributed by atoms with E-state index in [0.29, 0.717) is 30.9 Å². The van der Waals surface area contributed by atoms with Gasteiger partial charge in [-0.2, -0.15) is 0 Å². The van der Waals surface area contributed by atoms with E-state index in [4.69, 9.17) is 10.2 Å². The first kappa shape index (κ1) is 11.0. The second-order valence-corrected chi connectivity index (χ2v) is 3.20. The molecule has 1 aromatic heterocycles. The van der Waals surface area contributed by atoms with Gasteiger partial charge in [0, 0.05) is 19.0 Å². The maximum Gasteiger partial charge on any atom is 0.315 e. The SMILES string of the molecule is CCC(CC)Nc1nnc(CCN)o1. The standard InChI is InChI=1S/C9H18N4O/c1-3-7(4-2)11-9-13-12-8(14-9)5-6-10/h7H,3-6,10H2,1-2H3,(H,11,13). The molecule has 0 bridgehead atoms. The fraction of sp³-hybridized carbons (Fsp3) is 0.778. The molecule has 1 heterocycles. The lowest BCUT2D eigenvalue weighted by molar-refractivity contribution is 0.495. The van der Waals surface area contributed by atoms with Crippen molar-refractivity contribution in [3.8, 4) is 0 Å². The van der Waals surface area contributed by atoms with Gasteiger partial charge in [-0.25, -0.2) is 0 Å². The number of nitrogens with one attached hydrogen (secondary N) is 1. The third-order valence-corrected chi connectivity index (χ3v) is 2.14. The Labute approximate surface area is 84.1 Å². The van der Waals surface area contributed by atoms with Crippen molar-refractivity contribution in [2.24, 2.45) is 5.73 Å². The second-order valence-electron chi connectivity index (χ2n) is 3.20. The smallest absolute Gasteiger partial charge is 0.315 e. The van der Waals surface area contributed by atoms with Crippen LogP contribution in [0.15, 0.2) is 4.42 Å². The van der Waals surface area contributed by atoms with Gasteiger partial charge >= 0.3 is 6.01 Å². The third-order valence-electron chi connectivity index (χ3n) is 2.14. The van der Waals surface area contributed by atoms with Gasteiger partial charge in [0.15, 0.2) is 0 Å². The fourth-order valence-corrected chi connectivity index (χ4v) is 1.20. The van der Waals surface area contributed by atoms with Crippen LogP contribution in [-0.2, 0) is 6.42 Å². The molecule has 0 saturated heterocycles. The van der Waals surface area contributed by atoms with E-state index in [2.05, 4.69) is 29.4 Å². The molecule has 80 valence electrons. The molecule has 0 aliphatic carbocycles. The Hall–Kier alpha value is -1.10. The minimum atomic E-state index is 0.404. The number of rotatable bonds is 6. The van der Waals surface area contributed by atoms with Crippen molar-refractivity contribution in [1.82, 2.24) is 10.2 Å². The molecule has 0 fully saturated rings. The summed E-state index contributed by atoms with van der Waals surface area (Å²) in [5, 5.41) is 10.9. The Kier molecular flexibility index (Phi) is 4.39. The lowest BCUT2D eigenvalue weighted by Crippen LogP contribution is -2.17. The van der Waals surface area contributed by atoms with Crippen LogP contribution in [0.4, 0.5) is 6.01 Å². The largest absolute Gasteiger partial charge is 0.408 e. The quantitative estimate of drug-likeness (QED) is 0.717. The minimum absolute atomic E-state index is 0.404. The molecule has 0 atom stereocenters. The molecule has 0 spiro atoms. The van der Waals surface area contributed by atoms with Crippen molar-refractivity contribution in [3.05, 3.63) is 5.89 Å². The average molecular weight is 198 g/mol. The maximum absolute atomic E-state index is 5.38. The summed E-state index contributed by atoms with van der Waals surface area (Å²) in [6.45, 7) is 4.78. The number of hydrogen-bond donors (Lipinski definition) is 2. The number of anilines is 1. The summed E-state index contributed by atoms with van der Waals surface area (Å²) in [5.41, 5.74) is 5.38. The average Bonchev–Trinajstić information content (AvgIpc) is 2.63. The molecule has 0 saturated carbocycles. The number of nitrogens with two attached hydrogens (primary N) is 1. The molecule has 5 nitrogen and oxygen atoms in total. The zero-order chi connectivity index (χ0) is 10.4. The summed E-state index contributed by atoms with van der Waals surface area (Å²) in [6.07, 6.45) is 2.73. The Morgan fingerprint density at radius 3 is 2.64 bits per heavy atom. The third kappa shape index (κ3) is 2.99. The molecule has 1 rings (SSSR count). The first-order chi connectivity index (χ1) is 6.80. The fourth-order valence-electron chi connectivity index (χ4n) is 1.20. The van der Waals surface area contributed by atoms with E-state index in [1.165, 1.54) is 0 Å². The predicted molar refractivity (Wildman–Crippen MR) is 55.0 cm³/mol. The molecule has 3 N–H and O–H groups in total. The molecule has 0 aliphatic heterocycles. The molecule has 0 aliphatic rings. The molecule has 14 heavy (non-hydrogen) atoms. The van der Waals surface area contributed by atoms with Crippen LogP contribution in [0.2, 0.25) is 0 Å². The highest BCUT2D eigenvalue weighted by Crippen LogP contribution is 2.10. The lowest BCUT2D eigenvalue weighted by Gasteiger charge is -2.11. The summed E-state index contributed by atoms with van der Waals surface area (Å²) in [7, 11) is 0. The van der Waals surface area contributed by atoms with Crippen LogP contribution in [0.3, 0.4) is 0 Å². The molecule has 5 heteroatoms. The Morgan fingerprint density at radius 2 is 2.07 bits per heavy atom. The van der Waals surface area contributed by atoms with E-state index in [1.807, 2.05) is 0 Å². The first-order valence-electron chi connectivity index (χ1n) is 5.09. The first-order valence-corrected chi connectivity index (χ1v) is 5.09. The van der Waals surface area contributed by atoms with E-state index in [1.54, 1.807) is 0 Å². The highest BCUT2D eigenvalue weighted by atomic mass is 16.4. The van der Waals surface area contributed by atoms with E-state index in [-0.39, 0.29) is 0 Å².